The summed E-state index contributed by atoms with van der Waals surface area (Å²) in [6.07, 6.45) is 6.72. The number of nitrogens with zero attached hydrogens (tertiary/aromatic N) is 5. The zero-order chi connectivity index (χ0) is 22.5. The van der Waals surface area contributed by atoms with Crippen LogP contribution in [0.4, 0.5) is 8.78 Å². The molecule has 0 bridgehead atoms. The number of halogens is 3. The third-order valence-electron chi connectivity index (χ3n) is 6.55. The van der Waals surface area contributed by atoms with Gasteiger partial charge >= 0.3 is 0 Å². The van der Waals surface area contributed by atoms with Gasteiger partial charge in [-0.3, -0.25) is 4.90 Å². The van der Waals surface area contributed by atoms with E-state index in [1.807, 2.05) is 18.5 Å². The van der Waals surface area contributed by atoms with Gasteiger partial charge in [0, 0.05) is 37.8 Å². The molecule has 2 aliphatic rings. The Morgan fingerprint density at radius 3 is 2.39 bits per heavy atom. The Morgan fingerprint density at radius 1 is 1.06 bits per heavy atom. The molecule has 1 aliphatic heterocycles. The number of hydrogen-bond acceptors (Lipinski definition) is 4. The van der Waals surface area contributed by atoms with Gasteiger partial charge in [-0.1, -0.05) is 18.9 Å². The van der Waals surface area contributed by atoms with Crippen molar-refractivity contribution in [3.8, 4) is 0 Å². The van der Waals surface area contributed by atoms with Crippen LogP contribution in [-0.4, -0.2) is 50.8 Å². The number of rotatable bonds is 6. The summed E-state index contributed by atoms with van der Waals surface area (Å²) in [6.45, 7) is 4.17. The van der Waals surface area contributed by atoms with Crippen LogP contribution in [0, 0.1) is 18.6 Å². The fraction of sp³-hybridized carbons (Fsp3) is 0.609. The lowest BCUT2D eigenvalue weighted by Crippen LogP contribution is -2.52. The molecule has 10 heteroatoms. The second-order valence-corrected chi connectivity index (χ2v) is 8.93. The van der Waals surface area contributed by atoms with Gasteiger partial charge < -0.3 is 15.2 Å². The van der Waals surface area contributed by atoms with E-state index in [1.54, 1.807) is 0 Å². The average molecular weight is 573 g/mol. The zero-order valence-electron chi connectivity index (χ0n) is 19.4. The SMILES string of the molecule is Cc1nnc(CN=C(NC2CCCC2)NC2CCCN(Cc3c(F)cccc3F)C2)n1C.I. The van der Waals surface area contributed by atoms with Crippen LogP contribution in [0.1, 0.15) is 55.7 Å². The maximum Gasteiger partial charge on any atom is 0.192 e. The first kappa shape index (κ1) is 25.8. The molecule has 7 nitrogen and oxygen atoms in total. The number of benzene rings is 1. The molecule has 0 amide bonds. The molecule has 1 aliphatic carbocycles. The van der Waals surface area contributed by atoms with E-state index in [1.165, 1.54) is 31.0 Å². The third-order valence-corrected chi connectivity index (χ3v) is 6.55. The van der Waals surface area contributed by atoms with Crippen molar-refractivity contribution in [1.29, 1.82) is 0 Å². The molecule has 0 spiro atoms. The molecule has 33 heavy (non-hydrogen) atoms. The summed E-state index contributed by atoms with van der Waals surface area (Å²) >= 11 is 0. The van der Waals surface area contributed by atoms with Gasteiger partial charge in [0.1, 0.15) is 24.0 Å². The van der Waals surface area contributed by atoms with Crippen molar-refractivity contribution < 1.29 is 8.78 Å². The Morgan fingerprint density at radius 2 is 1.73 bits per heavy atom. The molecule has 2 aromatic rings. The van der Waals surface area contributed by atoms with Crippen molar-refractivity contribution in [1.82, 2.24) is 30.3 Å². The lowest BCUT2D eigenvalue weighted by atomic mass is 10.0. The number of aryl methyl sites for hydroxylation is 1. The Hall–Kier alpha value is -1.82. The molecule has 4 rings (SSSR count). The highest BCUT2D eigenvalue weighted by atomic mass is 127. The van der Waals surface area contributed by atoms with Crippen molar-refractivity contribution in [3.63, 3.8) is 0 Å². The maximum absolute atomic E-state index is 14.1. The van der Waals surface area contributed by atoms with Crippen LogP contribution in [-0.2, 0) is 20.1 Å². The summed E-state index contributed by atoms with van der Waals surface area (Å²) in [5.74, 6) is 1.49. The van der Waals surface area contributed by atoms with E-state index in [2.05, 4.69) is 25.7 Å². The fourth-order valence-corrected chi connectivity index (χ4v) is 4.55. The second kappa shape index (κ2) is 12.0. The Balaban J connectivity index is 0.00000306. The van der Waals surface area contributed by atoms with Gasteiger partial charge in [-0.2, -0.15) is 0 Å². The summed E-state index contributed by atoms with van der Waals surface area (Å²) in [6, 6.07) is 4.64. The molecule has 1 atom stereocenters. The van der Waals surface area contributed by atoms with E-state index in [4.69, 9.17) is 4.99 Å². The van der Waals surface area contributed by atoms with Crippen molar-refractivity contribution in [3.05, 3.63) is 47.0 Å². The topological polar surface area (TPSA) is 70.4 Å². The molecule has 1 unspecified atom stereocenters. The number of guanidine groups is 1. The maximum atomic E-state index is 14.1. The van der Waals surface area contributed by atoms with E-state index in [0.717, 1.165) is 49.8 Å². The van der Waals surface area contributed by atoms with Gasteiger partial charge in [-0.05, 0) is 51.3 Å². The van der Waals surface area contributed by atoms with Crippen molar-refractivity contribution in [2.75, 3.05) is 13.1 Å². The summed E-state index contributed by atoms with van der Waals surface area (Å²) in [7, 11) is 1.94. The minimum absolute atomic E-state index is 0. The first-order chi connectivity index (χ1) is 15.5. The van der Waals surface area contributed by atoms with Gasteiger partial charge in [0.2, 0.25) is 0 Å². The molecule has 1 aromatic heterocycles. The van der Waals surface area contributed by atoms with E-state index >= 15 is 0 Å². The van der Waals surface area contributed by atoms with Crippen molar-refractivity contribution in [2.45, 2.75) is 70.6 Å². The number of aromatic nitrogens is 3. The third kappa shape index (κ3) is 6.84. The smallest absolute Gasteiger partial charge is 0.192 e. The average Bonchev–Trinajstić information content (AvgIpc) is 3.40. The largest absolute Gasteiger partial charge is 0.354 e. The summed E-state index contributed by atoms with van der Waals surface area (Å²) in [5.41, 5.74) is 0.142. The number of hydrogen-bond donors (Lipinski definition) is 2. The lowest BCUT2D eigenvalue weighted by molar-refractivity contribution is 0.188. The monoisotopic (exact) mass is 573 g/mol. The van der Waals surface area contributed by atoms with Crippen molar-refractivity contribution in [2.24, 2.45) is 12.0 Å². The van der Waals surface area contributed by atoms with Gasteiger partial charge in [0.15, 0.2) is 11.8 Å². The van der Waals surface area contributed by atoms with Crippen LogP contribution in [0.25, 0.3) is 0 Å². The van der Waals surface area contributed by atoms with Crippen molar-refractivity contribution >= 4 is 29.9 Å². The normalized spacial score (nSPS) is 20.0. The van der Waals surface area contributed by atoms with Crippen LogP contribution in [0.2, 0.25) is 0 Å². The quantitative estimate of drug-likeness (QED) is 0.314. The summed E-state index contributed by atoms with van der Waals surface area (Å²) in [4.78, 5) is 6.91. The number of aliphatic imine (C=N–C) groups is 1. The van der Waals surface area contributed by atoms with E-state index in [-0.39, 0.29) is 42.1 Å². The Labute approximate surface area is 211 Å². The number of likely N-dealkylation sites (tertiary alicyclic amines) is 1. The van der Waals surface area contributed by atoms with Crippen LogP contribution >= 0.6 is 24.0 Å². The lowest BCUT2D eigenvalue weighted by Gasteiger charge is -2.34. The molecule has 2 N–H and O–H groups in total. The van der Waals surface area contributed by atoms with E-state index in [0.29, 0.717) is 19.1 Å². The minimum atomic E-state index is -0.482. The van der Waals surface area contributed by atoms with Crippen LogP contribution < -0.4 is 10.6 Å². The molecule has 0 radical (unpaired) electrons. The first-order valence-electron chi connectivity index (χ1n) is 11.6. The minimum Gasteiger partial charge on any atom is -0.354 e. The van der Waals surface area contributed by atoms with E-state index < -0.39 is 11.6 Å². The Kier molecular flexibility index (Phi) is 9.42. The highest BCUT2D eigenvalue weighted by Gasteiger charge is 2.24. The molecule has 1 aromatic carbocycles. The van der Waals surface area contributed by atoms with Gasteiger partial charge in [-0.25, -0.2) is 13.8 Å². The molecular formula is C23H34F2IN7. The zero-order valence-corrected chi connectivity index (χ0v) is 21.7. The second-order valence-electron chi connectivity index (χ2n) is 8.93. The molecule has 182 valence electrons. The summed E-state index contributed by atoms with van der Waals surface area (Å²) < 4.78 is 30.2. The molecule has 1 saturated heterocycles. The highest BCUT2D eigenvalue weighted by molar-refractivity contribution is 14.0. The molecule has 2 fully saturated rings. The Bertz CT molecular complexity index is 923. The fourth-order valence-electron chi connectivity index (χ4n) is 4.55. The molecule has 2 heterocycles. The predicted octanol–water partition coefficient (Wildman–Crippen LogP) is 3.66. The van der Waals surface area contributed by atoms with Gasteiger partial charge in [-0.15, -0.1) is 34.2 Å². The first-order valence-corrected chi connectivity index (χ1v) is 11.6. The predicted molar refractivity (Wildman–Crippen MR) is 135 cm³/mol. The van der Waals surface area contributed by atoms with Crippen LogP contribution in [0.15, 0.2) is 23.2 Å². The number of piperidine rings is 1. The highest BCUT2D eigenvalue weighted by Crippen LogP contribution is 2.20. The molecule has 1 saturated carbocycles. The van der Waals surface area contributed by atoms with Gasteiger partial charge in [0.05, 0.1) is 0 Å². The molecular weight excluding hydrogens is 539 g/mol. The van der Waals surface area contributed by atoms with Crippen LogP contribution in [0.5, 0.6) is 0 Å². The van der Waals surface area contributed by atoms with E-state index in [9.17, 15) is 8.78 Å². The summed E-state index contributed by atoms with van der Waals surface area (Å²) in [5, 5.41) is 15.5. The number of nitrogens with one attached hydrogen (secondary N) is 2. The van der Waals surface area contributed by atoms with Gasteiger partial charge in [0.25, 0.3) is 0 Å². The van der Waals surface area contributed by atoms with Crippen LogP contribution in [0.3, 0.4) is 0 Å². The standard InChI is InChI=1S/C23H33F2N7.HI/c1-16-29-30-22(31(16)2)13-26-23(27-17-7-3-4-8-17)28-18-9-6-12-32(14-18)15-19-20(24)10-5-11-21(19)25;/h5,10-11,17-18H,3-4,6-9,12-15H2,1-2H3,(H2,26,27,28);1H.